The second-order valence-electron chi connectivity index (χ2n) is 17.4. The number of likely N-dealkylation sites (N-methyl/N-ethyl adjacent to an activating group) is 1. The summed E-state index contributed by atoms with van der Waals surface area (Å²) >= 11 is 0. The van der Waals surface area contributed by atoms with E-state index in [1.165, 1.54) is 0 Å². The molecule has 0 bridgehead atoms. The van der Waals surface area contributed by atoms with Gasteiger partial charge in [-0.05, 0) is 83.0 Å². The molecule has 0 aromatic heterocycles. The van der Waals surface area contributed by atoms with Crippen LogP contribution in [0.3, 0.4) is 0 Å². The number of esters is 2. The fraction of sp³-hybridized carbons (Fsp3) is 0.680. The molecule has 0 amide bonds. The average Bonchev–Trinajstić information content (AvgIpc) is 3.50. The van der Waals surface area contributed by atoms with Crippen LogP contribution in [0.5, 0.6) is 0 Å². The van der Waals surface area contributed by atoms with E-state index in [0.717, 1.165) is 70.6 Å². The van der Waals surface area contributed by atoms with Crippen molar-refractivity contribution in [2.75, 3.05) is 47.5 Å². The van der Waals surface area contributed by atoms with E-state index >= 15 is 0 Å². The van der Waals surface area contributed by atoms with Crippen molar-refractivity contribution in [1.29, 1.82) is 0 Å². The molecule has 1 aliphatic carbocycles. The summed E-state index contributed by atoms with van der Waals surface area (Å²) in [4.78, 5) is 35.6. The van der Waals surface area contributed by atoms with Gasteiger partial charge < -0.3 is 34.2 Å². The Morgan fingerprint density at radius 2 is 1.32 bits per heavy atom. The van der Waals surface area contributed by atoms with E-state index in [4.69, 9.17) is 18.5 Å². The van der Waals surface area contributed by atoms with Gasteiger partial charge in [-0.15, -0.1) is 0 Å². The fourth-order valence-electron chi connectivity index (χ4n) is 6.74. The van der Waals surface area contributed by atoms with E-state index in [-0.39, 0.29) is 44.3 Å². The molecule has 0 aliphatic heterocycles. The number of phosphoric ester groups is 1. The van der Waals surface area contributed by atoms with Gasteiger partial charge in [0, 0.05) is 25.2 Å². The number of hydrogen-bond donors (Lipinski definition) is 4. The molecular formula is C50H85NO11P+. The van der Waals surface area contributed by atoms with Crippen LogP contribution in [0.25, 0.3) is 0 Å². The number of allylic oxidation sites excluding steroid dienone is 12. The van der Waals surface area contributed by atoms with Crippen LogP contribution in [0, 0.1) is 11.8 Å². The molecule has 0 aromatic carbocycles. The highest BCUT2D eigenvalue weighted by atomic mass is 31.2. The number of unbranched alkanes of at least 4 members (excludes halogenated alkanes) is 6. The monoisotopic (exact) mass is 907 g/mol. The minimum Gasteiger partial charge on any atom is -0.462 e. The molecule has 1 fully saturated rings. The third-order valence-electron chi connectivity index (χ3n) is 10.5. The van der Waals surface area contributed by atoms with Crippen LogP contribution in [0.1, 0.15) is 136 Å². The van der Waals surface area contributed by atoms with Gasteiger partial charge in [0.15, 0.2) is 6.10 Å². The van der Waals surface area contributed by atoms with Crippen molar-refractivity contribution in [3.05, 3.63) is 85.1 Å². The molecule has 1 rings (SSSR count). The Labute approximate surface area is 380 Å². The van der Waals surface area contributed by atoms with Crippen molar-refractivity contribution in [3.63, 3.8) is 0 Å². The van der Waals surface area contributed by atoms with Crippen LogP contribution in [0.2, 0.25) is 0 Å². The molecular weight excluding hydrogens is 822 g/mol. The number of aliphatic hydroxyl groups is 3. The highest BCUT2D eigenvalue weighted by Crippen LogP contribution is 2.43. The number of ether oxygens (including phenoxy) is 2. The molecule has 360 valence electrons. The maximum atomic E-state index is 12.8. The summed E-state index contributed by atoms with van der Waals surface area (Å²) in [5.41, 5.74) is 0. The molecule has 1 unspecified atom stereocenters. The van der Waals surface area contributed by atoms with Gasteiger partial charge in [0.2, 0.25) is 0 Å². The van der Waals surface area contributed by atoms with Gasteiger partial charge in [-0.25, -0.2) is 4.57 Å². The summed E-state index contributed by atoms with van der Waals surface area (Å²) in [6, 6.07) is 0. The molecule has 4 N–H and O–H groups in total. The van der Waals surface area contributed by atoms with E-state index in [1.54, 1.807) is 6.08 Å². The van der Waals surface area contributed by atoms with Crippen molar-refractivity contribution in [1.82, 2.24) is 0 Å². The van der Waals surface area contributed by atoms with Crippen LogP contribution in [-0.2, 0) is 32.7 Å². The number of phosphoric acid groups is 1. The zero-order valence-electron chi connectivity index (χ0n) is 39.4. The lowest BCUT2D eigenvalue weighted by Gasteiger charge is -2.24. The molecule has 12 nitrogen and oxygen atoms in total. The molecule has 0 radical (unpaired) electrons. The van der Waals surface area contributed by atoms with Crippen molar-refractivity contribution in [2.24, 2.45) is 11.8 Å². The zero-order valence-corrected chi connectivity index (χ0v) is 40.2. The van der Waals surface area contributed by atoms with E-state index < -0.39 is 50.8 Å². The Hall–Kier alpha value is -2.93. The Balaban J connectivity index is 2.51. The predicted molar refractivity (Wildman–Crippen MR) is 254 cm³/mol. The number of aliphatic hydroxyl groups excluding tert-OH is 3. The normalized spacial score (nSPS) is 20.7. The van der Waals surface area contributed by atoms with Crippen LogP contribution in [0.15, 0.2) is 85.1 Å². The summed E-state index contributed by atoms with van der Waals surface area (Å²) in [6.45, 7) is 3.86. The number of carbonyl (C=O) groups excluding carboxylic acids is 2. The second-order valence-corrected chi connectivity index (χ2v) is 18.8. The van der Waals surface area contributed by atoms with Crippen molar-refractivity contribution < 1.29 is 57.4 Å². The Bertz CT molecular complexity index is 1460. The van der Waals surface area contributed by atoms with E-state index in [2.05, 4.69) is 74.6 Å². The second kappa shape index (κ2) is 36.3. The Kier molecular flexibility index (Phi) is 33.5. The minimum absolute atomic E-state index is 0.0226. The number of nitrogens with zero attached hydrogens (tertiary/aromatic N) is 1. The largest absolute Gasteiger partial charge is 0.472 e. The lowest BCUT2D eigenvalue weighted by Crippen LogP contribution is -2.37. The molecule has 0 aromatic rings. The van der Waals surface area contributed by atoms with E-state index in [0.29, 0.717) is 43.1 Å². The molecule has 1 aliphatic rings. The van der Waals surface area contributed by atoms with Crippen molar-refractivity contribution in [3.8, 4) is 0 Å². The SMILES string of the molecule is CC/C=C\C/C=C\C/C=C\C/C=C\C/C=C\CCCCCC(=O)OC[C@H](COP(=O)(O)OCC[N+](C)(C)C)OC(=O)CCC/C=C/C[C@@H]1[C@@H](/C=C/[C@@H](O)CCCCC)[C@H](O)C[C@@H]1O. The first-order chi connectivity index (χ1) is 30.2. The van der Waals surface area contributed by atoms with Gasteiger partial charge in [-0.3, -0.25) is 18.6 Å². The molecule has 63 heavy (non-hydrogen) atoms. The van der Waals surface area contributed by atoms with Crippen LogP contribution >= 0.6 is 7.82 Å². The van der Waals surface area contributed by atoms with Gasteiger partial charge in [0.25, 0.3) is 0 Å². The quantitative estimate of drug-likeness (QED) is 0.0154. The number of rotatable bonds is 37. The standard InChI is InChI=1S/C50H84NO11P/c1-6-8-10-11-12-13-14-15-16-17-18-19-20-21-22-23-24-25-30-34-49(55)59-41-44(42-61-63(57,58)60-39-38-51(3,4)5)62-50(56)35-31-27-26-29-33-45-46(48(54)40-47(45)53)37-36-43(52)32-28-9-7-2/h8,10,12-13,15-16,18-19,21-22,26,29,36-37,43-48,52-54H,6-7,9,11,14,17,20,23-25,27-28,30-35,38-42H2,1-5H3/p+1/b10-8-,13-12-,16-15-,19-18-,22-21-,29-26+,37-36+/t43-,44+,45+,46+,47-,48+/m0/s1. The first kappa shape index (κ1) is 58.1. The minimum atomic E-state index is -4.46. The third-order valence-corrected chi connectivity index (χ3v) is 11.5. The van der Waals surface area contributed by atoms with Gasteiger partial charge >= 0.3 is 19.8 Å². The van der Waals surface area contributed by atoms with Gasteiger partial charge in [-0.1, -0.05) is 125 Å². The molecule has 13 heteroatoms. The third kappa shape index (κ3) is 33.2. The first-order valence-electron chi connectivity index (χ1n) is 23.6. The van der Waals surface area contributed by atoms with Crippen LogP contribution in [0.4, 0.5) is 0 Å². The fourth-order valence-corrected chi connectivity index (χ4v) is 7.48. The van der Waals surface area contributed by atoms with E-state index in [9.17, 15) is 34.4 Å². The Morgan fingerprint density at radius 1 is 0.714 bits per heavy atom. The highest BCUT2D eigenvalue weighted by molar-refractivity contribution is 7.47. The van der Waals surface area contributed by atoms with Crippen LogP contribution in [-0.4, -0.2) is 109 Å². The van der Waals surface area contributed by atoms with Gasteiger partial charge in [-0.2, -0.15) is 0 Å². The molecule has 1 saturated carbocycles. The molecule has 0 spiro atoms. The summed E-state index contributed by atoms with van der Waals surface area (Å²) in [5.74, 6) is -1.47. The van der Waals surface area contributed by atoms with Gasteiger partial charge in [0.1, 0.15) is 19.8 Å². The van der Waals surface area contributed by atoms with Crippen LogP contribution < -0.4 is 0 Å². The van der Waals surface area contributed by atoms with E-state index in [1.807, 2.05) is 39.4 Å². The molecule has 0 saturated heterocycles. The van der Waals surface area contributed by atoms with Crippen molar-refractivity contribution >= 4 is 19.8 Å². The lowest BCUT2D eigenvalue weighted by molar-refractivity contribution is -0.870. The topological polar surface area (TPSA) is 169 Å². The zero-order chi connectivity index (χ0) is 46.6. The maximum absolute atomic E-state index is 12.8. The first-order valence-corrected chi connectivity index (χ1v) is 25.1. The van der Waals surface area contributed by atoms with Crippen molar-refractivity contribution in [2.45, 2.75) is 160 Å². The summed E-state index contributed by atoms with van der Waals surface area (Å²) in [6.07, 6.45) is 40.1. The maximum Gasteiger partial charge on any atom is 0.472 e. The van der Waals surface area contributed by atoms with Gasteiger partial charge in [0.05, 0.1) is 46.1 Å². The number of quaternary nitrogens is 1. The average molecular weight is 907 g/mol. The summed E-state index contributed by atoms with van der Waals surface area (Å²) < 4.78 is 34.3. The summed E-state index contributed by atoms with van der Waals surface area (Å²) in [5, 5.41) is 31.4. The highest BCUT2D eigenvalue weighted by Gasteiger charge is 2.39. The predicted octanol–water partition coefficient (Wildman–Crippen LogP) is 9.95. The smallest absolute Gasteiger partial charge is 0.462 e. The Morgan fingerprint density at radius 3 is 1.95 bits per heavy atom. The number of hydrogen-bond acceptors (Lipinski definition) is 10. The molecule has 7 atom stereocenters. The number of carbonyl (C=O) groups is 2. The molecule has 0 heterocycles. The lowest BCUT2D eigenvalue weighted by atomic mass is 9.89. The summed E-state index contributed by atoms with van der Waals surface area (Å²) in [7, 11) is 1.29.